The van der Waals surface area contributed by atoms with E-state index in [0.29, 0.717) is 25.9 Å². The molecule has 0 bridgehead atoms. The van der Waals surface area contributed by atoms with Crippen LogP contribution in [0.3, 0.4) is 0 Å². The Kier molecular flexibility index (Phi) is 26.6. The monoisotopic (exact) mass is 496 g/mol. The summed E-state index contributed by atoms with van der Waals surface area (Å²) >= 11 is 0. The molecule has 0 saturated heterocycles. The summed E-state index contributed by atoms with van der Waals surface area (Å²) in [5.74, 6) is 0.00177. The van der Waals surface area contributed by atoms with Gasteiger partial charge in [-0.25, -0.2) is 0 Å². The quantitative estimate of drug-likeness (QED) is 0.0914. The molecule has 1 amide bonds. The van der Waals surface area contributed by atoms with Gasteiger partial charge in [0.15, 0.2) is 0 Å². The Morgan fingerprint density at radius 3 is 1.43 bits per heavy atom. The highest BCUT2D eigenvalue weighted by Gasteiger charge is 2.08. The molecule has 0 heterocycles. The van der Waals surface area contributed by atoms with Crippen LogP contribution in [0.25, 0.3) is 0 Å². The largest absolute Gasteiger partial charge is 0.368 e. The van der Waals surface area contributed by atoms with Crippen molar-refractivity contribution in [3.63, 3.8) is 0 Å². The number of hydrogen-bond donors (Lipinski definition) is 1. The zero-order valence-electron chi connectivity index (χ0n) is 23.8. The fourth-order valence-corrected chi connectivity index (χ4v) is 4.41. The lowest BCUT2D eigenvalue weighted by molar-refractivity contribution is -0.184. The molecule has 0 aromatic rings. The Hall–Kier alpha value is -1.10. The zero-order valence-corrected chi connectivity index (χ0v) is 23.8. The molecule has 0 spiro atoms. The predicted octanol–water partition coefficient (Wildman–Crippen LogP) is 8.50. The Morgan fingerprint density at radius 1 is 0.571 bits per heavy atom. The van der Waals surface area contributed by atoms with Crippen LogP contribution in [0.15, 0.2) is 0 Å². The Labute approximate surface area is 218 Å². The number of hydroxylamine groups is 2. The van der Waals surface area contributed by atoms with Crippen LogP contribution in [-0.2, 0) is 14.4 Å². The molecule has 1 N–H and O–H groups in total. The van der Waals surface area contributed by atoms with Crippen molar-refractivity contribution in [2.24, 2.45) is 0 Å². The molecule has 0 aliphatic rings. The van der Waals surface area contributed by atoms with Crippen LogP contribution >= 0.6 is 0 Å². The molecule has 0 unspecified atom stereocenters. The number of unbranched alkanes of at least 4 members (excludes halogenated alkanes) is 18. The van der Waals surface area contributed by atoms with Crippen LogP contribution in [0.5, 0.6) is 0 Å². The first-order chi connectivity index (χ1) is 17.1. The lowest BCUT2D eigenvalue weighted by Gasteiger charge is -2.16. The minimum atomic E-state index is -0.141. The SMILES string of the molecule is CCCCCCCCCCCCCC(=O)ON(C)CCCNC(=O)CCCCCCCCCCC. The third-order valence-corrected chi connectivity index (χ3v) is 6.72. The van der Waals surface area contributed by atoms with E-state index in [-0.39, 0.29) is 11.9 Å². The first-order valence-corrected chi connectivity index (χ1v) is 15.3. The minimum absolute atomic E-state index is 0.141. The summed E-state index contributed by atoms with van der Waals surface area (Å²) in [6.07, 6.45) is 27.4. The molecule has 0 atom stereocenters. The molecule has 5 heteroatoms. The van der Waals surface area contributed by atoms with Crippen LogP contribution in [0.1, 0.15) is 162 Å². The first-order valence-electron chi connectivity index (χ1n) is 15.3. The Morgan fingerprint density at radius 2 is 0.971 bits per heavy atom. The van der Waals surface area contributed by atoms with E-state index in [9.17, 15) is 9.59 Å². The Balaban J connectivity index is 3.42. The second-order valence-corrected chi connectivity index (χ2v) is 10.4. The van der Waals surface area contributed by atoms with Gasteiger partial charge in [0.2, 0.25) is 5.91 Å². The number of amides is 1. The van der Waals surface area contributed by atoms with Gasteiger partial charge < -0.3 is 10.2 Å². The molecule has 0 aromatic carbocycles. The summed E-state index contributed by atoms with van der Waals surface area (Å²) in [4.78, 5) is 29.3. The van der Waals surface area contributed by atoms with E-state index < -0.39 is 0 Å². The van der Waals surface area contributed by atoms with Gasteiger partial charge in [-0.2, -0.15) is 0 Å². The van der Waals surface area contributed by atoms with Gasteiger partial charge in [-0.3, -0.25) is 9.59 Å². The van der Waals surface area contributed by atoms with Crippen LogP contribution < -0.4 is 5.32 Å². The minimum Gasteiger partial charge on any atom is -0.368 e. The number of nitrogens with zero attached hydrogens (tertiary/aromatic N) is 1. The van der Waals surface area contributed by atoms with Gasteiger partial charge in [0, 0.05) is 33.0 Å². The van der Waals surface area contributed by atoms with Crippen molar-refractivity contribution in [1.82, 2.24) is 10.4 Å². The third kappa shape index (κ3) is 27.3. The summed E-state index contributed by atoms with van der Waals surface area (Å²) < 4.78 is 0. The molecule has 0 rings (SSSR count). The van der Waals surface area contributed by atoms with Crippen LogP contribution in [0, 0.1) is 0 Å². The lowest BCUT2D eigenvalue weighted by Crippen LogP contribution is -2.29. The molecule has 0 saturated carbocycles. The predicted molar refractivity (Wildman–Crippen MR) is 149 cm³/mol. The molecule has 0 fully saturated rings. The number of carbonyl (C=O) groups excluding carboxylic acids is 2. The van der Waals surface area contributed by atoms with Gasteiger partial charge in [0.05, 0.1) is 0 Å². The van der Waals surface area contributed by atoms with E-state index in [2.05, 4.69) is 19.2 Å². The second-order valence-electron chi connectivity index (χ2n) is 10.4. The van der Waals surface area contributed by atoms with Crippen LogP contribution in [0.2, 0.25) is 0 Å². The number of nitrogens with one attached hydrogen (secondary N) is 1. The second kappa shape index (κ2) is 27.5. The van der Waals surface area contributed by atoms with Crippen molar-refractivity contribution in [2.75, 3.05) is 20.1 Å². The van der Waals surface area contributed by atoms with E-state index in [1.165, 1.54) is 103 Å². The van der Waals surface area contributed by atoms with Crippen molar-refractivity contribution < 1.29 is 14.4 Å². The zero-order chi connectivity index (χ0) is 25.8. The average molecular weight is 497 g/mol. The fourth-order valence-electron chi connectivity index (χ4n) is 4.41. The summed E-state index contributed by atoms with van der Waals surface area (Å²) in [6, 6.07) is 0. The van der Waals surface area contributed by atoms with Crippen molar-refractivity contribution in [2.45, 2.75) is 162 Å². The molecule has 208 valence electrons. The molecule has 0 aliphatic carbocycles. The van der Waals surface area contributed by atoms with Gasteiger partial charge >= 0.3 is 5.97 Å². The first kappa shape index (κ1) is 33.9. The molecular weight excluding hydrogens is 436 g/mol. The lowest BCUT2D eigenvalue weighted by atomic mass is 10.1. The molecule has 0 radical (unpaired) electrons. The van der Waals surface area contributed by atoms with Crippen molar-refractivity contribution in [3.8, 4) is 0 Å². The number of carbonyl (C=O) groups is 2. The maximum atomic E-state index is 12.0. The Bertz CT molecular complexity index is 471. The van der Waals surface area contributed by atoms with E-state index in [0.717, 1.165) is 32.1 Å². The van der Waals surface area contributed by atoms with E-state index in [4.69, 9.17) is 4.84 Å². The third-order valence-electron chi connectivity index (χ3n) is 6.72. The highest BCUT2D eigenvalue weighted by Crippen LogP contribution is 2.12. The smallest absolute Gasteiger partial charge is 0.325 e. The topological polar surface area (TPSA) is 58.6 Å². The van der Waals surface area contributed by atoms with Crippen molar-refractivity contribution in [3.05, 3.63) is 0 Å². The van der Waals surface area contributed by atoms with Gasteiger partial charge in [-0.05, 0) is 19.3 Å². The maximum absolute atomic E-state index is 12.0. The number of rotatable bonds is 27. The van der Waals surface area contributed by atoms with Crippen molar-refractivity contribution in [1.29, 1.82) is 0 Å². The molecule has 0 aromatic heterocycles. The van der Waals surface area contributed by atoms with Gasteiger partial charge in [-0.1, -0.05) is 129 Å². The van der Waals surface area contributed by atoms with Gasteiger partial charge in [0.25, 0.3) is 0 Å². The van der Waals surface area contributed by atoms with E-state index in [1.807, 2.05) is 0 Å². The highest BCUT2D eigenvalue weighted by atomic mass is 16.7. The fraction of sp³-hybridized carbons (Fsp3) is 0.933. The molecule has 35 heavy (non-hydrogen) atoms. The number of hydrogen-bond acceptors (Lipinski definition) is 4. The standard InChI is InChI=1S/C30H60N2O3/c1-4-6-8-10-12-14-15-17-19-21-23-26-30(34)35-32(3)28-24-27-31-29(33)25-22-20-18-16-13-11-9-7-5-2/h4-28H2,1-3H3,(H,31,33). The molecule has 0 aliphatic heterocycles. The summed E-state index contributed by atoms with van der Waals surface area (Å²) in [7, 11) is 1.79. The maximum Gasteiger partial charge on any atom is 0.325 e. The van der Waals surface area contributed by atoms with Crippen molar-refractivity contribution >= 4 is 11.9 Å². The summed E-state index contributed by atoms with van der Waals surface area (Å²) in [6.45, 7) is 5.79. The van der Waals surface area contributed by atoms with Gasteiger partial charge in [0.1, 0.15) is 0 Å². The normalized spacial score (nSPS) is 11.2. The van der Waals surface area contributed by atoms with Gasteiger partial charge in [-0.15, -0.1) is 5.06 Å². The molecule has 5 nitrogen and oxygen atoms in total. The van der Waals surface area contributed by atoms with E-state index >= 15 is 0 Å². The average Bonchev–Trinajstić information content (AvgIpc) is 2.84. The molecular formula is C30H60N2O3. The summed E-state index contributed by atoms with van der Waals surface area (Å²) in [5.41, 5.74) is 0. The van der Waals surface area contributed by atoms with Crippen LogP contribution in [-0.4, -0.2) is 37.1 Å². The van der Waals surface area contributed by atoms with E-state index in [1.54, 1.807) is 12.1 Å². The summed E-state index contributed by atoms with van der Waals surface area (Å²) in [5, 5.41) is 4.59. The highest BCUT2D eigenvalue weighted by molar-refractivity contribution is 5.75. The van der Waals surface area contributed by atoms with Crippen LogP contribution in [0.4, 0.5) is 0 Å².